The Morgan fingerprint density at radius 2 is 1.49 bits per heavy atom. The normalized spacial score (nSPS) is 11.2. The van der Waals surface area contributed by atoms with Crippen LogP contribution in [0.15, 0.2) is 85.3 Å². The van der Waals surface area contributed by atoms with Crippen molar-refractivity contribution in [2.45, 2.75) is 38.1 Å². The van der Waals surface area contributed by atoms with E-state index in [1.54, 1.807) is 18.6 Å². The molecule has 12 heteroatoms. The Morgan fingerprint density at radius 3 is 2.20 bits per heavy atom. The first-order valence-electron chi connectivity index (χ1n) is 14.6. The fourth-order valence-corrected chi connectivity index (χ4v) is 5.01. The topological polar surface area (TPSA) is 131 Å². The molecule has 0 aliphatic rings. The Balaban J connectivity index is 1.27. The van der Waals surface area contributed by atoms with Gasteiger partial charge in [0.2, 0.25) is 5.91 Å². The second-order valence-corrected chi connectivity index (χ2v) is 11.1. The number of ether oxygens (including phenoxy) is 1. The van der Waals surface area contributed by atoms with E-state index in [9.17, 15) is 9.59 Å². The summed E-state index contributed by atoms with van der Waals surface area (Å²) in [6.45, 7) is 0.434. The number of pyridine rings is 4. The van der Waals surface area contributed by atoms with Crippen molar-refractivity contribution >= 4 is 46.3 Å². The molecule has 0 spiro atoms. The lowest BCUT2D eigenvalue weighted by Crippen LogP contribution is -2.48. The summed E-state index contributed by atoms with van der Waals surface area (Å²) in [5.41, 5.74) is 4.92. The van der Waals surface area contributed by atoms with Gasteiger partial charge >= 0.3 is 5.97 Å². The number of unbranched alkanes of at least 4 members (excludes halogenated alkanes) is 1. The van der Waals surface area contributed by atoms with Crippen molar-refractivity contribution in [2.75, 3.05) is 20.2 Å². The number of nitrogens with one attached hydrogen (secondary N) is 3. The van der Waals surface area contributed by atoms with Gasteiger partial charge in [0.05, 0.1) is 39.9 Å². The van der Waals surface area contributed by atoms with Gasteiger partial charge in [0.25, 0.3) is 0 Å². The predicted octanol–water partition coefficient (Wildman–Crippen LogP) is 4.05. The second-order valence-electron chi connectivity index (χ2n) is 10.1. The molecular weight excluding hydrogens is 607 g/mol. The maximum absolute atomic E-state index is 13.0. The highest BCUT2D eigenvalue weighted by Gasteiger charge is 2.20. The number of amides is 1. The minimum atomic E-state index is -0.630. The average Bonchev–Trinajstić information content (AvgIpc) is 3.07. The number of carbonyl (C=O) groups is 2. The summed E-state index contributed by atoms with van der Waals surface area (Å²) >= 11 is 11.2. The number of rotatable bonds is 15. The molecule has 3 N–H and O–H groups in total. The van der Waals surface area contributed by atoms with Gasteiger partial charge in [0.15, 0.2) is 0 Å². The molecule has 0 aromatic carbocycles. The smallest absolute Gasteiger partial charge is 0.325 e. The number of hydrogen-bond acceptors (Lipinski definition) is 9. The molecule has 0 saturated carbocycles. The molecule has 4 rings (SSSR count). The quantitative estimate of drug-likeness (QED) is 0.0987. The summed E-state index contributed by atoms with van der Waals surface area (Å²) < 4.78 is 4.65. The summed E-state index contributed by atoms with van der Waals surface area (Å²) in [6.07, 6.45) is 8.15. The van der Waals surface area contributed by atoms with E-state index in [0.717, 1.165) is 45.4 Å². The van der Waals surface area contributed by atoms with Crippen molar-refractivity contribution in [3.05, 3.63) is 96.6 Å². The number of nitrogens with zero attached hydrogens (tertiary/aromatic N) is 4. The Bertz CT molecular complexity index is 1590. The lowest BCUT2D eigenvalue weighted by Gasteiger charge is -2.20. The van der Waals surface area contributed by atoms with Gasteiger partial charge in [-0.25, -0.2) is 0 Å². The number of aromatic nitrogens is 4. The van der Waals surface area contributed by atoms with Gasteiger partial charge in [-0.05, 0) is 73.4 Å². The van der Waals surface area contributed by atoms with E-state index >= 15 is 0 Å². The van der Waals surface area contributed by atoms with E-state index in [4.69, 9.17) is 24.4 Å². The Morgan fingerprint density at radius 1 is 0.778 bits per heavy atom. The van der Waals surface area contributed by atoms with Crippen LogP contribution in [0, 0.1) is 0 Å². The second kappa shape index (κ2) is 17.6. The molecule has 0 saturated heterocycles. The van der Waals surface area contributed by atoms with Crippen molar-refractivity contribution in [3.63, 3.8) is 0 Å². The van der Waals surface area contributed by atoms with E-state index in [1.807, 2.05) is 66.7 Å². The molecular formula is C33H35N7O3S2. The van der Waals surface area contributed by atoms with E-state index in [2.05, 4.69) is 40.6 Å². The molecule has 0 aliphatic heterocycles. The van der Waals surface area contributed by atoms with Crippen LogP contribution in [0.1, 0.15) is 30.5 Å². The van der Waals surface area contributed by atoms with Crippen LogP contribution >= 0.6 is 24.4 Å². The van der Waals surface area contributed by atoms with Crippen LogP contribution in [0.3, 0.4) is 0 Å². The van der Waals surface area contributed by atoms with E-state index in [0.29, 0.717) is 37.2 Å². The Hall–Kier alpha value is -4.68. The summed E-state index contributed by atoms with van der Waals surface area (Å²) in [6, 6.07) is 20.4. The Labute approximate surface area is 273 Å². The fraction of sp³-hybridized carbons (Fsp3) is 0.273. The monoisotopic (exact) mass is 641 g/mol. The maximum atomic E-state index is 13.0. The highest BCUT2D eigenvalue weighted by Crippen LogP contribution is 2.16. The van der Waals surface area contributed by atoms with Crippen LogP contribution in [-0.2, 0) is 27.2 Å². The number of methoxy groups -OCH3 is 1. The first kappa shape index (κ1) is 33.2. The van der Waals surface area contributed by atoms with Crippen molar-refractivity contribution in [1.82, 2.24) is 35.9 Å². The minimum absolute atomic E-state index is 0.221. The minimum Gasteiger partial charge on any atom is -0.468 e. The molecule has 4 aromatic rings. The molecule has 0 unspecified atom stereocenters. The van der Waals surface area contributed by atoms with Gasteiger partial charge in [0, 0.05) is 43.7 Å². The number of esters is 1. The lowest BCUT2D eigenvalue weighted by molar-refractivity contribution is -0.141. The van der Waals surface area contributed by atoms with Crippen molar-refractivity contribution in [2.24, 2.45) is 0 Å². The molecule has 1 atom stereocenters. The zero-order valence-electron chi connectivity index (χ0n) is 24.9. The Kier molecular flexibility index (Phi) is 13.0. The molecule has 45 heavy (non-hydrogen) atoms. The molecule has 0 aliphatic carbocycles. The summed E-state index contributed by atoms with van der Waals surface area (Å²) in [5.74, 6) is -0.859. The first-order valence-corrected chi connectivity index (χ1v) is 15.4. The van der Waals surface area contributed by atoms with Gasteiger partial charge in [-0.2, -0.15) is 0 Å². The number of carbonyl (C=O) groups excluding carboxylic acids is 2. The maximum Gasteiger partial charge on any atom is 0.325 e. The lowest BCUT2D eigenvalue weighted by atomic mass is 10.1. The van der Waals surface area contributed by atoms with E-state index < -0.39 is 12.0 Å². The van der Waals surface area contributed by atoms with Gasteiger partial charge in [-0.3, -0.25) is 29.5 Å². The zero-order valence-corrected chi connectivity index (χ0v) is 26.6. The van der Waals surface area contributed by atoms with Gasteiger partial charge in [-0.1, -0.05) is 42.6 Å². The summed E-state index contributed by atoms with van der Waals surface area (Å²) in [7, 11) is 1.27. The van der Waals surface area contributed by atoms with Crippen LogP contribution in [0.5, 0.6) is 0 Å². The first-order chi connectivity index (χ1) is 21.9. The SMILES string of the molecule is COC(=O)CNC(=O)[C@H](CCCCNC(=S)Cc1ccnc(-c2ccccn2)c1)NC(=S)Cc1cccc(-c2ccccn2)n1. The third-order valence-electron chi connectivity index (χ3n) is 6.72. The standard InChI is InChI=1S/C33H35N7O3S2/c1-43-32(41)22-38-33(42)28(40-31(45)21-24-9-8-13-27(39-24)25-10-2-5-15-34-25)12-4-7-17-37-30(44)20-23-14-18-36-29(19-23)26-11-3-6-16-35-26/h2-3,5-6,8-11,13-16,18-19,28H,4,7,12,17,20-22H2,1H3,(H,37,44)(H,38,42)(H,40,45)/t28-/m0/s1. The molecule has 0 bridgehead atoms. The molecule has 10 nitrogen and oxygen atoms in total. The third-order valence-corrected chi connectivity index (χ3v) is 7.27. The van der Waals surface area contributed by atoms with Crippen LogP contribution in [0.25, 0.3) is 22.8 Å². The van der Waals surface area contributed by atoms with Crippen LogP contribution in [-0.4, -0.2) is 68.0 Å². The number of hydrogen-bond donors (Lipinski definition) is 3. The van der Waals surface area contributed by atoms with Crippen molar-refractivity contribution in [3.8, 4) is 22.8 Å². The summed E-state index contributed by atoms with van der Waals surface area (Å²) in [4.78, 5) is 43.6. The van der Waals surface area contributed by atoms with Crippen LogP contribution in [0.4, 0.5) is 0 Å². The third kappa shape index (κ3) is 11.1. The van der Waals surface area contributed by atoms with Gasteiger partial charge in [-0.15, -0.1) is 0 Å². The van der Waals surface area contributed by atoms with Crippen LogP contribution < -0.4 is 16.0 Å². The van der Waals surface area contributed by atoms with Gasteiger partial charge < -0.3 is 20.7 Å². The summed E-state index contributed by atoms with van der Waals surface area (Å²) in [5, 5.41) is 9.11. The highest BCUT2D eigenvalue weighted by atomic mass is 32.1. The number of thiocarbonyl (C=S) groups is 2. The molecule has 4 aromatic heterocycles. The van der Waals surface area contributed by atoms with E-state index in [1.165, 1.54) is 7.11 Å². The largest absolute Gasteiger partial charge is 0.468 e. The van der Waals surface area contributed by atoms with Crippen molar-refractivity contribution < 1.29 is 14.3 Å². The predicted molar refractivity (Wildman–Crippen MR) is 181 cm³/mol. The van der Waals surface area contributed by atoms with Crippen molar-refractivity contribution in [1.29, 1.82) is 0 Å². The molecule has 4 heterocycles. The van der Waals surface area contributed by atoms with Gasteiger partial charge in [0.1, 0.15) is 12.6 Å². The highest BCUT2D eigenvalue weighted by molar-refractivity contribution is 7.80. The van der Waals surface area contributed by atoms with Crippen LogP contribution in [0.2, 0.25) is 0 Å². The molecule has 1 amide bonds. The van der Waals surface area contributed by atoms with E-state index in [-0.39, 0.29) is 12.5 Å². The average molecular weight is 642 g/mol. The fourth-order valence-electron chi connectivity index (χ4n) is 4.46. The molecule has 0 fully saturated rings. The zero-order chi connectivity index (χ0) is 31.9. The molecule has 232 valence electrons. The molecule has 0 radical (unpaired) electrons.